The van der Waals surface area contributed by atoms with Crippen LogP contribution in [0.25, 0.3) is 10.8 Å². The second-order valence-electron chi connectivity index (χ2n) is 6.04. The number of amides is 2. The first-order valence-corrected chi connectivity index (χ1v) is 9.42. The molecule has 10 nitrogen and oxygen atoms in total. The van der Waals surface area contributed by atoms with Gasteiger partial charge < -0.3 is 10.6 Å². The number of aromatic amines is 2. The molecule has 1 unspecified atom stereocenters. The highest BCUT2D eigenvalue weighted by atomic mass is 32.1. The molecule has 29 heavy (non-hydrogen) atoms. The molecule has 0 fully saturated rings. The van der Waals surface area contributed by atoms with E-state index in [1.807, 2.05) is 6.07 Å². The smallest absolute Gasteiger partial charge is 0.264 e. The van der Waals surface area contributed by atoms with Crippen LogP contribution in [0.5, 0.6) is 0 Å². The average Bonchev–Trinajstić information content (AvgIpc) is 3.48. The standard InChI is InChI=1S/C18H16N8O2S/c1-10-14(29-18(22-10)15-19-9-21-26-15)17(28)24-13(11-5-3-2-4-6-11)16(27)23-12-7-8-20-25-12/h2-9,13H,1H3,(H,24,28)(H,19,21,26)(H2,20,23,25,27). The summed E-state index contributed by atoms with van der Waals surface area (Å²) in [6, 6.07) is 9.72. The van der Waals surface area contributed by atoms with Gasteiger partial charge >= 0.3 is 0 Å². The second-order valence-corrected chi connectivity index (χ2v) is 7.04. The van der Waals surface area contributed by atoms with Crippen LogP contribution in [0.15, 0.2) is 48.9 Å². The van der Waals surface area contributed by atoms with Crippen LogP contribution >= 0.6 is 11.3 Å². The van der Waals surface area contributed by atoms with E-state index in [0.29, 0.717) is 32.8 Å². The summed E-state index contributed by atoms with van der Waals surface area (Å²) in [7, 11) is 0. The monoisotopic (exact) mass is 408 g/mol. The van der Waals surface area contributed by atoms with Gasteiger partial charge in [0.15, 0.2) is 10.8 Å². The minimum Gasteiger partial charge on any atom is -0.336 e. The highest BCUT2D eigenvalue weighted by molar-refractivity contribution is 7.17. The zero-order valence-electron chi connectivity index (χ0n) is 15.2. The van der Waals surface area contributed by atoms with Gasteiger partial charge in [0.25, 0.3) is 11.8 Å². The average molecular weight is 408 g/mol. The Morgan fingerprint density at radius 2 is 1.93 bits per heavy atom. The Hall–Kier alpha value is -3.86. The normalized spacial score (nSPS) is 11.8. The van der Waals surface area contributed by atoms with Crippen molar-refractivity contribution < 1.29 is 9.59 Å². The van der Waals surface area contributed by atoms with Crippen molar-refractivity contribution in [3.63, 3.8) is 0 Å². The minimum absolute atomic E-state index is 0.395. The first kappa shape index (κ1) is 18.5. The van der Waals surface area contributed by atoms with E-state index in [4.69, 9.17) is 0 Å². The van der Waals surface area contributed by atoms with Crippen LogP contribution in [0.3, 0.4) is 0 Å². The molecule has 0 spiro atoms. The van der Waals surface area contributed by atoms with E-state index in [-0.39, 0.29) is 0 Å². The minimum atomic E-state index is -0.901. The fourth-order valence-electron chi connectivity index (χ4n) is 2.69. The molecular weight excluding hydrogens is 392 g/mol. The number of aromatic nitrogens is 6. The summed E-state index contributed by atoms with van der Waals surface area (Å²) in [6.45, 7) is 1.73. The molecule has 3 aromatic heterocycles. The summed E-state index contributed by atoms with van der Waals surface area (Å²) >= 11 is 1.17. The molecule has 0 aliphatic rings. The third-order valence-corrected chi connectivity index (χ3v) is 5.21. The Labute approximate surface area is 168 Å². The van der Waals surface area contributed by atoms with E-state index in [9.17, 15) is 9.59 Å². The first-order chi connectivity index (χ1) is 14.1. The van der Waals surface area contributed by atoms with Crippen molar-refractivity contribution in [2.75, 3.05) is 5.32 Å². The van der Waals surface area contributed by atoms with Crippen LogP contribution in [-0.4, -0.2) is 42.2 Å². The molecule has 1 aromatic carbocycles. The van der Waals surface area contributed by atoms with Crippen LogP contribution in [0, 0.1) is 6.92 Å². The van der Waals surface area contributed by atoms with Crippen molar-refractivity contribution in [1.29, 1.82) is 0 Å². The van der Waals surface area contributed by atoms with Gasteiger partial charge in [-0.15, -0.1) is 11.3 Å². The van der Waals surface area contributed by atoms with E-state index in [0.717, 1.165) is 0 Å². The van der Waals surface area contributed by atoms with Gasteiger partial charge in [-0.3, -0.25) is 19.8 Å². The van der Waals surface area contributed by atoms with E-state index >= 15 is 0 Å². The van der Waals surface area contributed by atoms with Crippen molar-refractivity contribution in [1.82, 2.24) is 35.7 Å². The number of anilines is 1. The Balaban J connectivity index is 1.59. The lowest BCUT2D eigenvalue weighted by Crippen LogP contribution is -2.37. The lowest BCUT2D eigenvalue weighted by atomic mass is 10.1. The van der Waals surface area contributed by atoms with E-state index in [1.54, 1.807) is 37.3 Å². The van der Waals surface area contributed by atoms with Crippen molar-refractivity contribution in [3.05, 3.63) is 65.1 Å². The van der Waals surface area contributed by atoms with Gasteiger partial charge in [-0.25, -0.2) is 9.97 Å². The molecule has 11 heteroatoms. The lowest BCUT2D eigenvalue weighted by molar-refractivity contribution is -0.118. The van der Waals surface area contributed by atoms with Gasteiger partial charge in [-0.2, -0.15) is 10.2 Å². The van der Waals surface area contributed by atoms with E-state index in [1.165, 1.54) is 23.9 Å². The SMILES string of the molecule is Cc1nc(-c2ncn[nH]2)sc1C(=O)NC(C(=O)Nc1ccn[nH]1)c1ccccc1. The molecule has 4 rings (SSSR count). The fraction of sp³-hybridized carbons (Fsp3) is 0.111. The summed E-state index contributed by atoms with van der Waals surface area (Å²) in [5, 5.41) is 19.1. The Morgan fingerprint density at radius 1 is 1.10 bits per heavy atom. The maximum absolute atomic E-state index is 13.0. The van der Waals surface area contributed by atoms with Crippen molar-refractivity contribution in [2.24, 2.45) is 0 Å². The number of nitrogens with one attached hydrogen (secondary N) is 4. The number of H-pyrrole nitrogens is 2. The lowest BCUT2D eigenvalue weighted by Gasteiger charge is -2.18. The quantitative estimate of drug-likeness (QED) is 0.385. The zero-order valence-corrected chi connectivity index (χ0v) is 16.0. The van der Waals surface area contributed by atoms with Gasteiger partial charge in [0.1, 0.15) is 23.1 Å². The van der Waals surface area contributed by atoms with Crippen LogP contribution < -0.4 is 10.6 Å². The molecule has 0 saturated heterocycles. The number of aryl methyl sites for hydroxylation is 1. The Morgan fingerprint density at radius 3 is 2.62 bits per heavy atom. The van der Waals surface area contributed by atoms with Crippen LogP contribution in [0.4, 0.5) is 5.82 Å². The molecule has 146 valence electrons. The summed E-state index contributed by atoms with van der Waals surface area (Å²) in [4.78, 5) is 34.6. The van der Waals surface area contributed by atoms with Gasteiger partial charge in [-0.1, -0.05) is 30.3 Å². The molecule has 4 aromatic rings. The Bertz CT molecular complexity index is 1110. The number of hydrogen-bond donors (Lipinski definition) is 4. The molecular formula is C18H16N8O2S. The second kappa shape index (κ2) is 8.02. The van der Waals surface area contributed by atoms with Crippen molar-refractivity contribution >= 4 is 29.0 Å². The molecule has 0 saturated carbocycles. The maximum atomic E-state index is 13.0. The first-order valence-electron chi connectivity index (χ1n) is 8.61. The highest BCUT2D eigenvalue weighted by Crippen LogP contribution is 2.26. The molecule has 1 atom stereocenters. The maximum Gasteiger partial charge on any atom is 0.264 e. The van der Waals surface area contributed by atoms with Gasteiger partial charge in [0, 0.05) is 6.07 Å². The van der Waals surface area contributed by atoms with Crippen LogP contribution in [0.2, 0.25) is 0 Å². The van der Waals surface area contributed by atoms with E-state index < -0.39 is 17.9 Å². The fourth-order valence-corrected chi connectivity index (χ4v) is 3.61. The molecule has 3 heterocycles. The third kappa shape index (κ3) is 4.04. The predicted octanol–water partition coefficient (Wildman–Crippen LogP) is 2.07. The topological polar surface area (TPSA) is 141 Å². The number of thiazole rings is 1. The highest BCUT2D eigenvalue weighted by Gasteiger charge is 2.26. The summed E-state index contributed by atoms with van der Waals surface area (Å²) in [6.07, 6.45) is 2.90. The molecule has 0 aliphatic carbocycles. The van der Waals surface area contributed by atoms with E-state index in [2.05, 4.69) is 41.0 Å². The predicted molar refractivity (Wildman–Crippen MR) is 106 cm³/mol. The molecule has 2 amide bonds. The van der Waals surface area contributed by atoms with Gasteiger partial charge in [0.05, 0.1) is 11.9 Å². The third-order valence-electron chi connectivity index (χ3n) is 4.05. The number of hydrogen-bond acceptors (Lipinski definition) is 7. The summed E-state index contributed by atoms with van der Waals surface area (Å²) < 4.78 is 0. The number of nitrogens with zero attached hydrogens (tertiary/aromatic N) is 4. The number of carbonyl (C=O) groups is 2. The summed E-state index contributed by atoms with van der Waals surface area (Å²) in [5.74, 6) is 0.117. The largest absolute Gasteiger partial charge is 0.336 e. The number of carbonyl (C=O) groups excluding carboxylic acids is 2. The summed E-state index contributed by atoms with van der Waals surface area (Å²) in [5.41, 5.74) is 1.19. The van der Waals surface area contributed by atoms with Gasteiger partial charge in [-0.05, 0) is 12.5 Å². The molecule has 0 aliphatic heterocycles. The molecule has 4 N–H and O–H groups in total. The van der Waals surface area contributed by atoms with Crippen LogP contribution in [-0.2, 0) is 4.79 Å². The van der Waals surface area contributed by atoms with Crippen LogP contribution in [0.1, 0.15) is 27.0 Å². The van der Waals surface area contributed by atoms with Crippen molar-refractivity contribution in [3.8, 4) is 10.8 Å². The molecule has 0 bridgehead atoms. The zero-order chi connectivity index (χ0) is 20.2. The van der Waals surface area contributed by atoms with Gasteiger partial charge in [0.2, 0.25) is 0 Å². The Kier molecular flexibility index (Phi) is 5.12. The number of rotatable bonds is 6. The molecule has 0 radical (unpaired) electrons. The number of benzene rings is 1. The van der Waals surface area contributed by atoms with Crippen molar-refractivity contribution in [2.45, 2.75) is 13.0 Å².